The molecule has 86 valence electrons. The van der Waals surface area contributed by atoms with Crippen molar-refractivity contribution in [3.05, 3.63) is 0 Å². The molecule has 0 rings (SSSR count). The predicted octanol–water partition coefficient (Wildman–Crippen LogP) is 2.74. The van der Waals surface area contributed by atoms with E-state index in [0.29, 0.717) is 6.42 Å². The van der Waals surface area contributed by atoms with Gasteiger partial charge < -0.3 is 5.73 Å². The Morgan fingerprint density at radius 2 is 1.27 bits per heavy atom. The first-order chi connectivity index (χ1) is 6.77. The van der Waals surface area contributed by atoms with E-state index in [0.717, 1.165) is 12.8 Å². The summed E-state index contributed by atoms with van der Waals surface area (Å²) in [6.07, 6.45) is 12.1. The summed E-state index contributed by atoms with van der Waals surface area (Å²) in [4.78, 5) is 10.4. The molecule has 0 saturated heterocycles. The molecule has 1 amide bonds. The zero-order chi connectivity index (χ0) is 10.6. The van der Waals surface area contributed by atoms with Crippen LogP contribution in [0.1, 0.15) is 71.1 Å². The molecule has 0 fully saturated rings. The quantitative estimate of drug-likeness (QED) is 0.449. The molecule has 0 aliphatic rings. The van der Waals surface area contributed by atoms with Gasteiger partial charge in [-0.15, -0.1) is 0 Å². The van der Waals surface area contributed by atoms with Crippen LogP contribution in [0.25, 0.3) is 0 Å². The number of hydrogen-bond acceptors (Lipinski definition) is 1. The van der Waals surface area contributed by atoms with Crippen molar-refractivity contribution >= 4 is 35.5 Å². The Morgan fingerprint density at radius 3 is 1.67 bits per heavy atom. The normalized spacial score (nSPS) is 9.67. The van der Waals surface area contributed by atoms with Crippen molar-refractivity contribution in [3.8, 4) is 0 Å². The van der Waals surface area contributed by atoms with E-state index in [9.17, 15) is 4.79 Å². The van der Waals surface area contributed by atoms with Crippen molar-refractivity contribution in [1.29, 1.82) is 0 Å². The van der Waals surface area contributed by atoms with Gasteiger partial charge >= 0.3 is 29.6 Å². The van der Waals surface area contributed by atoms with E-state index in [-0.39, 0.29) is 35.5 Å². The maximum atomic E-state index is 10.4. The monoisotopic (exact) mass is 223 g/mol. The number of unbranched alkanes of at least 4 members (excludes halogenated alkanes) is 8. The zero-order valence-corrected chi connectivity index (χ0v) is 9.56. The zero-order valence-electron chi connectivity index (χ0n) is 9.56. The molecule has 0 spiro atoms. The Balaban J connectivity index is 0. The van der Waals surface area contributed by atoms with Gasteiger partial charge in [-0.2, -0.15) is 0 Å². The van der Waals surface area contributed by atoms with Crippen LogP contribution in [0.2, 0.25) is 0 Å². The summed E-state index contributed by atoms with van der Waals surface area (Å²) >= 11 is 0. The van der Waals surface area contributed by atoms with Crippen LogP contribution in [0.15, 0.2) is 0 Å². The Morgan fingerprint density at radius 1 is 0.867 bits per heavy atom. The summed E-state index contributed by atoms with van der Waals surface area (Å²) in [6, 6.07) is 0. The molecule has 0 saturated carbocycles. The summed E-state index contributed by atoms with van der Waals surface area (Å²) in [6.45, 7) is 2.24. The first-order valence-electron chi connectivity index (χ1n) is 6.05. The van der Waals surface area contributed by atoms with E-state index in [1.165, 1.54) is 44.9 Å². The fourth-order valence-electron chi connectivity index (χ4n) is 1.61. The number of carbonyl (C=O) groups excluding carboxylic acids is 1. The van der Waals surface area contributed by atoms with Crippen molar-refractivity contribution in [3.63, 3.8) is 0 Å². The van der Waals surface area contributed by atoms with Crippen molar-refractivity contribution < 1.29 is 4.79 Å². The molecule has 15 heavy (non-hydrogen) atoms. The second-order valence-corrected chi connectivity index (χ2v) is 4.04. The molecule has 0 bridgehead atoms. The topological polar surface area (TPSA) is 43.1 Å². The third kappa shape index (κ3) is 17.1. The molecular formula is C12H26NNaO. The van der Waals surface area contributed by atoms with Gasteiger partial charge in [0.25, 0.3) is 0 Å². The van der Waals surface area contributed by atoms with E-state index >= 15 is 0 Å². The standard InChI is InChI=1S/C12H25NO.Na.H/c1-2-3-4-5-6-7-8-9-10-11-12(13)14;;/h2-11H2,1H3,(H2,13,14);;. The number of rotatable bonds is 10. The van der Waals surface area contributed by atoms with Gasteiger partial charge in [0.1, 0.15) is 0 Å². The van der Waals surface area contributed by atoms with Gasteiger partial charge in [-0.25, -0.2) is 0 Å². The number of hydrogen-bond donors (Lipinski definition) is 1. The molecule has 2 N–H and O–H groups in total. The summed E-state index contributed by atoms with van der Waals surface area (Å²) < 4.78 is 0. The summed E-state index contributed by atoms with van der Waals surface area (Å²) in [5.41, 5.74) is 5.05. The van der Waals surface area contributed by atoms with Gasteiger partial charge in [-0.05, 0) is 6.42 Å². The van der Waals surface area contributed by atoms with E-state index in [2.05, 4.69) is 6.92 Å². The van der Waals surface area contributed by atoms with Gasteiger partial charge in [0.2, 0.25) is 5.91 Å². The van der Waals surface area contributed by atoms with Crippen LogP contribution in [-0.4, -0.2) is 35.5 Å². The molecule has 0 aromatic rings. The molecular weight excluding hydrogens is 197 g/mol. The van der Waals surface area contributed by atoms with Crippen molar-refractivity contribution in [2.24, 2.45) is 5.73 Å². The van der Waals surface area contributed by atoms with Crippen molar-refractivity contribution in [2.45, 2.75) is 71.1 Å². The van der Waals surface area contributed by atoms with Crippen LogP contribution in [0, 0.1) is 0 Å². The van der Waals surface area contributed by atoms with Crippen LogP contribution in [0.3, 0.4) is 0 Å². The van der Waals surface area contributed by atoms with E-state index in [1.807, 2.05) is 0 Å². The minimum atomic E-state index is -0.159. The molecule has 0 heterocycles. The Bertz CT molecular complexity index is 140. The van der Waals surface area contributed by atoms with Crippen molar-refractivity contribution in [1.82, 2.24) is 0 Å². The van der Waals surface area contributed by atoms with E-state index in [4.69, 9.17) is 5.73 Å². The molecule has 0 aliphatic heterocycles. The van der Waals surface area contributed by atoms with Gasteiger partial charge in [-0.3, -0.25) is 4.79 Å². The Hall–Kier alpha value is 0.470. The van der Waals surface area contributed by atoms with E-state index in [1.54, 1.807) is 0 Å². The molecule has 3 heteroatoms. The van der Waals surface area contributed by atoms with Crippen LogP contribution in [0.4, 0.5) is 0 Å². The second kappa shape index (κ2) is 14.5. The van der Waals surface area contributed by atoms with Crippen LogP contribution >= 0.6 is 0 Å². The maximum absolute atomic E-state index is 10.4. The molecule has 2 nitrogen and oxygen atoms in total. The predicted molar refractivity (Wildman–Crippen MR) is 68.2 cm³/mol. The van der Waals surface area contributed by atoms with Crippen LogP contribution < -0.4 is 5.73 Å². The minimum absolute atomic E-state index is 0. The average molecular weight is 223 g/mol. The molecule has 0 aliphatic carbocycles. The van der Waals surface area contributed by atoms with Crippen LogP contribution in [0.5, 0.6) is 0 Å². The average Bonchev–Trinajstić information content (AvgIpc) is 2.15. The molecule has 0 aromatic heterocycles. The Kier molecular flexibility index (Phi) is 17.2. The van der Waals surface area contributed by atoms with Gasteiger partial charge in [0.15, 0.2) is 0 Å². The van der Waals surface area contributed by atoms with E-state index < -0.39 is 0 Å². The molecule has 0 aromatic carbocycles. The van der Waals surface area contributed by atoms with Gasteiger partial charge in [-0.1, -0.05) is 58.3 Å². The fraction of sp³-hybridized carbons (Fsp3) is 0.917. The first-order valence-corrected chi connectivity index (χ1v) is 6.05. The summed E-state index contributed by atoms with van der Waals surface area (Å²) in [7, 11) is 0. The van der Waals surface area contributed by atoms with Gasteiger partial charge in [0, 0.05) is 6.42 Å². The Labute approximate surface area is 117 Å². The molecule has 0 radical (unpaired) electrons. The first kappa shape index (κ1) is 17.9. The summed E-state index contributed by atoms with van der Waals surface area (Å²) in [5.74, 6) is -0.159. The SMILES string of the molecule is CCCCCCCCCCCC(N)=O.[NaH]. The number of primary amides is 1. The number of amides is 1. The fourth-order valence-corrected chi connectivity index (χ4v) is 1.61. The molecule has 0 unspecified atom stereocenters. The number of carbonyl (C=O) groups is 1. The van der Waals surface area contributed by atoms with Gasteiger partial charge in [0.05, 0.1) is 0 Å². The number of nitrogens with two attached hydrogens (primary N) is 1. The third-order valence-corrected chi connectivity index (χ3v) is 2.53. The second-order valence-electron chi connectivity index (χ2n) is 4.04. The third-order valence-electron chi connectivity index (χ3n) is 2.53. The van der Waals surface area contributed by atoms with Crippen molar-refractivity contribution in [2.75, 3.05) is 0 Å². The van der Waals surface area contributed by atoms with Crippen LogP contribution in [-0.2, 0) is 4.79 Å². The summed E-state index contributed by atoms with van der Waals surface area (Å²) in [5, 5.41) is 0. The molecule has 0 atom stereocenters.